The summed E-state index contributed by atoms with van der Waals surface area (Å²) in [5.41, 5.74) is 3.23. The number of carbonyl (C=O) groups excluding carboxylic acids is 1. The van der Waals surface area contributed by atoms with Gasteiger partial charge in [-0.2, -0.15) is 0 Å². The maximum Gasteiger partial charge on any atom is 0.407 e. The molecule has 0 bridgehead atoms. The Morgan fingerprint density at radius 3 is 2.68 bits per heavy atom. The van der Waals surface area contributed by atoms with Crippen LogP contribution >= 0.6 is 0 Å². The number of aromatic nitrogens is 1. The smallest absolute Gasteiger partial charge is 0.407 e. The maximum absolute atomic E-state index is 12.2. The molecule has 0 unspecified atom stereocenters. The predicted octanol–water partition coefficient (Wildman–Crippen LogP) is 2.87. The van der Waals surface area contributed by atoms with Crippen molar-refractivity contribution < 1.29 is 14.7 Å². The zero-order chi connectivity index (χ0) is 20.1. The van der Waals surface area contributed by atoms with Crippen molar-refractivity contribution in [2.24, 2.45) is 0 Å². The molecule has 0 aliphatic carbocycles. The van der Waals surface area contributed by atoms with Crippen LogP contribution in [0.15, 0.2) is 42.6 Å². The average molecular weight is 383 g/mol. The van der Waals surface area contributed by atoms with Crippen LogP contribution in [0, 0.1) is 6.92 Å². The van der Waals surface area contributed by atoms with Crippen molar-refractivity contribution in [1.29, 1.82) is 0 Å². The number of aryl methyl sites for hydroxylation is 1. The molecule has 3 rings (SSSR count). The number of hydrogen-bond donors (Lipinski definition) is 3. The Morgan fingerprint density at radius 1 is 1.18 bits per heavy atom. The van der Waals surface area contributed by atoms with Gasteiger partial charge in [0.15, 0.2) is 0 Å². The van der Waals surface area contributed by atoms with Crippen LogP contribution in [0.1, 0.15) is 11.3 Å². The van der Waals surface area contributed by atoms with E-state index in [0.717, 1.165) is 11.3 Å². The molecular formula is C20H25N5O3. The third-order valence-corrected chi connectivity index (χ3v) is 4.87. The first-order valence-electron chi connectivity index (χ1n) is 9.18. The number of carbonyl (C=O) groups is 2. The van der Waals surface area contributed by atoms with Gasteiger partial charge in [0, 0.05) is 37.1 Å². The molecule has 0 spiro atoms. The van der Waals surface area contributed by atoms with Crippen molar-refractivity contribution in [1.82, 2.24) is 14.8 Å². The summed E-state index contributed by atoms with van der Waals surface area (Å²) < 4.78 is 0. The molecule has 8 heteroatoms. The largest absolute Gasteiger partial charge is 0.465 e. The second kappa shape index (κ2) is 8.71. The molecule has 8 nitrogen and oxygen atoms in total. The van der Waals surface area contributed by atoms with E-state index in [0.29, 0.717) is 37.4 Å². The fourth-order valence-corrected chi connectivity index (χ4v) is 3.22. The van der Waals surface area contributed by atoms with Gasteiger partial charge in [-0.15, -0.1) is 0 Å². The number of hydrogen-bond acceptors (Lipinski definition) is 4. The average Bonchev–Trinajstić information content (AvgIpc) is 2.65. The van der Waals surface area contributed by atoms with Crippen LogP contribution in [0.5, 0.6) is 0 Å². The highest BCUT2D eigenvalue weighted by atomic mass is 16.4. The molecule has 1 aliphatic heterocycles. The number of pyridine rings is 1. The highest BCUT2D eigenvalue weighted by Gasteiger charge is 2.27. The lowest BCUT2D eigenvalue weighted by atomic mass is 10.0. The van der Waals surface area contributed by atoms with Gasteiger partial charge in [-0.05, 0) is 50.2 Å². The standard InChI is InChI=1S/C20H25N5O3/c1-14-6-7-17(12-21-14)23-19(26)22-16-5-3-4-15(10-16)11-18-13-25(20(27)28)9-8-24(18)2/h3-7,10,12,18H,8-9,11,13H2,1-2H3,(H,27,28)(H2,22,23,26)/t18-/m0/s1. The van der Waals surface area contributed by atoms with Crippen LogP contribution in [0.4, 0.5) is 21.0 Å². The summed E-state index contributed by atoms with van der Waals surface area (Å²) in [6.45, 7) is 3.60. The molecule has 1 atom stereocenters. The minimum atomic E-state index is -0.879. The number of likely N-dealkylation sites (N-methyl/N-ethyl adjacent to an activating group) is 1. The normalized spacial score (nSPS) is 17.2. The van der Waals surface area contributed by atoms with Gasteiger partial charge in [0.25, 0.3) is 0 Å². The minimum Gasteiger partial charge on any atom is -0.465 e. The van der Waals surface area contributed by atoms with E-state index in [4.69, 9.17) is 0 Å². The highest BCUT2D eigenvalue weighted by Crippen LogP contribution is 2.17. The van der Waals surface area contributed by atoms with E-state index >= 15 is 0 Å². The van der Waals surface area contributed by atoms with E-state index in [1.54, 1.807) is 12.3 Å². The van der Waals surface area contributed by atoms with Gasteiger partial charge in [-0.3, -0.25) is 9.88 Å². The molecule has 1 aromatic carbocycles. The van der Waals surface area contributed by atoms with Gasteiger partial charge < -0.3 is 20.6 Å². The first-order valence-corrected chi connectivity index (χ1v) is 9.18. The highest BCUT2D eigenvalue weighted by molar-refractivity contribution is 5.99. The van der Waals surface area contributed by atoms with E-state index in [1.807, 2.05) is 44.3 Å². The van der Waals surface area contributed by atoms with Gasteiger partial charge in [0.2, 0.25) is 0 Å². The van der Waals surface area contributed by atoms with Crippen molar-refractivity contribution in [3.63, 3.8) is 0 Å². The lowest BCUT2D eigenvalue weighted by Gasteiger charge is -2.38. The first kappa shape index (κ1) is 19.6. The lowest BCUT2D eigenvalue weighted by Crippen LogP contribution is -2.53. The second-order valence-electron chi connectivity index (χ2n) is 7.03. The molecule has 1 fully saturated rings. The van der Waals surface area contributed by atoms with Crippen molar-refractivity contribution >= 4 is 23.5 Å². The number of nitrogens with zero attached hydrogens (tertiary/aromatic N) is 3. The third-order valence-electron chi connectivity index (χ3n) is 4.87. The van der Waals surface area contributed by atoms with Crippen molar-refractivity contribution in [3.05, 3.63) is 53.9 Å². The Bertz CT molecular complexity index is 840. The number of benzene rings is 1. The molecule has 28 heavy (non-hydrogen) atoms. The van der Waals surface area contributed by atoms with E-state index in [2.05, 4.69) is 20.5 Å². The molecule has 3 amide bonds. The van der Waals surface area contributed by atoms with Crippen LogP contribution in [-0.4, -0.2) is 64.7 Å². The number of nitrogens with one attached hydrogen (secondary N) is 2. The number of urea groups is 1. The Balaban J connectivity index is 1.61. The van der Waals surface area contributed by atoms with Gasteiger partial charge in [0.05, 0.1) is 11.9 Å². The zero-order valence-corrected chi connectivity index (χ0v) is 16.1. The molecule has 3 N–H and O–H groups in total. The first-order chi connectivity index (χ1) is 13.4. The fourth-order valence-electron chi connectivity index (χ4n) is 3.22. The van der Waals surface area contributed by atoms with Crippen molar-refractivity contribution in [2.75, 3.05) is 37.3 Å². The molecule has 1 aliphatic rings. The summed E-state index contributed by atoms with van der Waals surface area (Å²) in [5, 5.41) is 14.8. The zero-order valence-electron chi connectivity index (χ0n) is 16.1. The van der Waals surface area contributed by atoms with E-state index in [-0.39, 0.29) is 12.1 Å². The van der Waals surface area contributed by atoms with Gasteiger partial charge >= 0.3 is 12.1 Å². The van der Waals surface area contributed by atoms with Gasteiger partial charge in [0.1, 0.15) is 0 Å². The number of amides is 3. The van der Waals surface area contributed by atoms with Gasteiger partial charge in [-0.1, -0.05) is 12.1 Å². The molecule has 1 saturated heterocycles. The molecule has 2 heterocycles. The summed E-state index contributed by atoms with van der Waals surface area (Å²) in [5.74, 6) is 0. The number of carboxylic acid groups (broad SMARTS) is 1. The molecule has 148 valence electrons. The molecule has 1 aromatic heterocycles. The summed E-state index contributed by atoms with van der Waals surface area (Å²) >= 11 is 0. The summed E-state index contributed by atoms with van der Waals surface area (Å²) in [4.78, 5) is 31.2. The summed E-state index contributed by atoms with van der Waals surface area (Å²) in [6, 6.07) is 11.0. The quantitative estimate of drug-likeness (QED) is 0.754. The van der Waals surface area contributed by atoms with E-state index in [1.165, 1.54) is 4.90 Å². The van der Waals surface area contributed by atoms with Crippen LogP contribution in [0.3, 0.4) is 0 Å². The molecule has 0 radical (unpaired) electrons. The fraction of sp³-hybridized carbons (Fsp3) is 0.350. The number of rotatable bonds is 4. The Morgan fingerprint density at radius 2 is 1.96 bits per heavy atom. The SMILES string of the molecule is Cc1ccc(NC(=O)Nc2cccc(C[C@H]3CN(C(=O)O)CCN3C)c2)cn1. The van der Waals surface area contributed by atoms with E-state index < -0.39 is 6.09 Å². The van der Waals surface area contributed by atoms with Crippen LogP contribution < -0.4 is 10.6 Å². The third kappa shape index (κ3) is 5.20. The molecule has 2 aromatic rings. The number of piperazine rings is 1. The number of anilines is 2. The van der Waals surface area contributed by atoms with Crippen LogP contribution in [-0.2, 0) is 6.42 Å². The van der Waals surface area contributed by atoms with Crippen molar-refractivity contribution in [3.8, 4) is 0 Å². The monoisotopic (exact) mass is 383 g/mol. The minimum absolute atomic E-state index is 0.104. The summed E-state index contributed by atoms with van der Waals surface area (Å²) in [6.07, 6.45) is 1.44. The summed E-state index contributed by atoms with van der Waals surface area (Å²) in [7, 11) is 2.01. The second-order valence-corrected chi connectivity index (χ2v) is 7.03. The Kier molecular flexibility index (Phi) is 6.10. The van der Waals surface area contributed by atoms with Crippen LogP contribution in [0.25, 0.3) is 0 Å². The van der Waals surface area contributed by atoms with Gasteiger partial charge in [-0.25, -0.2) is 9.59 Å². The maximum atomic E-state index is 12.2. The van der Waals surface area contributed by atoms with Crippen LogP contribution in [0.2, 0.25) is 0 Å². The predicted molar refractivity (Wildman–Crippen MR) is 108 cm³/mol. The molecular weight excluding hydrogens is 358 g/mol. The Hall–Kier alpha value is -3.13. The topological polar surface area (TPSA) is 97.8 Å². The Labute approximate surface area is 164 Å². The van der Waals surface area contributed by atoms with Crippen molar-refractivity contribution in [2.45, 2.75) is 19.4 Å². The lowest BCUT2D eigenvalue weighted by molar-refractivity contribution is 0.0832. The molecule has 0 saturated carbocycles. The van der Waals surface area contributed by atoms with E-state index in [9.17, 15) is 14.7 Å².